The van der Waals surface area contributed by atoms with E-state index in [4.69, 9.17) is 22.3 Å². The van der Waals surface area contributed by atoms with E-state index < -0.39 is 5.91 Å². The first-order chi connectivity index (χ1) is 13.4. The van der Waals surface area contributed by atoms with Crippen LogP contribution in [0.25, 0.3) is 21.6 Å². The van der Waals surface area contributed by atoms with E-state index >= 15 is 0 Å². The molecule has 1 aliphatic rings. The third kappa shape index (κ3) is 3.23. The number of fused-ring (bicyclic) bond motifs is 1. The molecule has 0 atom stereocenters. The molecule has 8 heteroatoms. The first-order valence-corrected chi connectivity index (χ1v) is 10.4. The minimum atomic E-state index is -0.529. The number of likely N-dealkylation sites (tertiary alicyclic amines) is 1. The predicted molar refractivity (Wildman–Crippen MR) is 113 cm³/mol. The molecule has 0 saturated carbocycles. The zero-order chi connectivity index (χ0) is 20.0. The van der Waals surface area contributed by atoms with Crippen molar-refractivity contribution in [2.75, 3.05) is 20.1 Å². The molecule has 146 valence electrons. The molecule has 1 amide bonds. The average molecular weight is 417 g/mol. The molecule has 1 aromatic carbocycles. The number of primary amides is 1. The van der Waals surface area contributed by atoms with E-state index in [0.717, 1.165) is 31.5 Å². The third-order valence-corrected chi connectivity index (χ3v) is 6.83. The Kier molecular flexibility index (Phi) is 4.99. The molecule has 0 bridgehead atoms. The van der Waals surface area contributed by atoms with Crippen LogP contribution in [0, 0.1) is 6.92 Å². The molecule has 3 heterocycles. The van der Waals surface area contributed by atoms with Crippen LogP contribution in [0.3, 0.4) is 0 Å². The Morgan fingerprint density at radius 1 is 1.25 bits per heavy atom. The summed E-state index contributed by atoms with van der Waals surface area (Å²) in [5, 5.41) is 1.12. The summed E-state index contributed by atoms with van der Waals surface area (Å²) in [5.41, 5.74) is 6.85. The van der Waals surface area contributed by atoms with Gasteiger partial charge in [0.05, 0.1) is 10.3 Å². The molecule has 1 fully saturated rings. The van der Waals surface area contributed by atoms with Gasteiger partial charge in [-0.15, -0.1) is 11.3 Å². The molecule has 2 N–H and O–H groups in total. The SMILES string of the molecule is Cc1c(C(N)=O)sc2nc(-c3ccc(Cl)cc3)n(C3CCN(C)CC3)c(=O)c12. The summed E-state index contributed by atoms with van der Waals surface area (Å²) in [5.74, 6) is 0.0831. The van der Waals surface area contributed by atoms with Crippen molar-refractivity contribution < 1.29 is 4.79 Å². The van der Waals surface area contributed by atoms with Gasteiger partial charge >= 0.3 is 0 Å². The molecule has 1 saturated heterocycles. The molecule has 2 aromatic heterocycles. The van der Waals surface area contributed by atoms with Gasteiger partial charge in [-0.1, -0.05) is 11.6 Å². The van der Waals surface area contributed by atoms with E-state index in [1.807, 2.05) is 16.7 Å². The van der Waals surface area contributed by atoms with Gasteiger partial charge in [0.1, 0.15) is 10.7 Å². The number of piperidine rings is 1. The number of carbonyl (C=O) groups is 1. The van der Waals surface area contributed by atoms with Crippen LogP contribution in [0.1, 0.15) is 34.1 Å². The maximum Gasteiger partial charge on any atom is 0.263 e. The van der Waals surface area contributed by atoms with Gasteiger partial charge in [-0.3, -0.25) is 14.2 Å². The summed E-state index contributed by atoms with van der Waals surface area (Å²) in [6, 6.07) is 7.39. The van der Waals surface area contributed by atoms with Crippen molar-refractivity contribution in [3.63, 3.8) is 0 Å². The fourth-order valence-electron chi connectivity index (χ4n) is 3.83. The Morgan fingerprint density at radius 2 is 1.89 bits per heavy atom. The molecule has 3 aromatic rings. The summed E-state index contributed by atoms with van der Waals surface area (Å²) in [6.45, 7) is 3.61. The lowest BCUT2D eigenvalue weighted by molar-refractivity contribution is 0.100. The van der Waals surface area contributed by atoms with E-state index in [0.29, 0.717) is 31.5 Å². The Bertz CT molecular complexity index is 1110. The highest BCUT2D eigenvalue weighted by atomic mass is 35.5. The maximum absolute atomic E-state index is 13.6. The average Bonchev–Trinajstić information content (AvgIpc) is 3.00. The lowest BCUT2D eigenvalue weighted by atomic mass is 10.0. The lowest BCUT2D eigenvalue weighted by Gasteiger charge is -2.31. The largest absolute Gasteiger partial charge is 0.365 e. The van der Waals surface area contributed by atoms with Crippen molar-refractivity contribution in [3.8, 4) is 11.4 Å². The van der Waals surface area contributed by atoms with Crippen LogP contribution in [0.5, 0.6) is 0 Å². The van der Waals surface area contributed by atoms with Gasteiger partial charge in [0.25, 0.3) is 11.5 Å². The summed E-state index contributed by atoms with van der Waals surface area (Å²) < 4.78 is 1.81. The molecule has 4 rings (SSSR count). The quantitative estimate of drug-likeness (QED) is 0.709. The number of hydrogen-bond acceptors (Lipinski definition) is 5. The van der Waals surface area contributed by atoms with Gasteiger partial charge in [-0.2, -0.15) is 0 Å². The Balaban J connectivity index is 1.99. The lowest BCUT2D eigenvalue weighted by Crippen LogP contribution is -2.36. The van der Waals surface area contributed by atoms with Crippen LogP contribution in [-0.2, 0) is 0 Å². The standard InChI is InChI=1S/C20H21ClN4O2S/c1-11-15-19(28-16(11)17(22)26)23-18(12-3-5-13(21)6-4-12)25(20(15)27)14-7-9-24(2)10-8-14/h3-6,14H,7-10H2,1-2H3,(H2,22,26). The number of amides is 1. The Labute approximate surface area is 171 Å². The van der Waals surface area contributed by atoms with Gasteiger partial charge in [-0.05, 0) is 69.7 Å². The van der Waals surface area contributed by atoms with Crippen molar-refractivity contribution in [2.24, 2.45) is 5.73 Å². The number of benzene rings is 1. The highest BCUT2D eigenvalue weighted by molar-refractivity contribution is 7.20. The number of rotatable bonds is 3. The van der Waals surface area contributed by atoms with Crippen molar-refractivity contribution in [2.45, 2.75) is 25.8 Å². The first kappa shape index (κ1) is 19.1. The molecule has 0 radical (unpaired) electrons. The van der Waals surface area contributed by atoms with Gasteiger partial charge in [0, 0.05) is 16.6 Å². The van der Waals surface area contributed by atoms with Crippen LogP contribution in [0.2, 0.25) is 5.02 Å². The van der Waals surface area contributed by atoms with E-state index in [2.05, 4.69) is 11.9 Å². The van der Waals surface area contributed by atoms with Crippen molar-refractivity contribution >= 4 is 39.1 Å². The highest BCUT2D eigenvalue weighted by Crippen LogP contribution is 2.32. The number of nitrogens with zero attached hydrogens (tertiary/aromatic N) is 3. The van der Waals surface area contributed by atoms with Gasteiger partial charge in [0.2, 0.25) is 0 Å². The number of nitrogens with two attached hydrogens (primary N) is 1. The topological polar surface area (TPSA) is 81.2 Å². The summed E-state index contributed by atoms with van der Waals surface area (Å²) in [4.78, 5) is 33.4. The highest BCUT2D eigenvalue weighted by Gasteiger charge is 2.26. The van der Waals surface area contributed by atoms with Crippen molar-refractivity contribution in [3.05, 3.63) is 50.1 Å². The number of aryl methyl sites for hydroxylation is 1. The fraction of sp³-hybridized carbons (Fsp3) is 0.350. The molecule has 28 heavy (non-hydrogen) atoms. The molecule has 1 aliphatic heterocycles. The van der Waals surface area contributed by atoms with E-state index in [1.165, 1.54) is 11.3 Å². The molecular weight excluding hydrogens is 396 g/mol. The molecule has 6 nitrogen and oxygen atoms in total. The Morgan fingerprint density at radius 3 is 2.50 bits per heavy atom. The van der Waals surface area contributed by atoms with Gasteiger partial charge in [0.15, 0.2) is 0 Å². The molecular formula is C20H21ClN4O2S. The normalized spacial score (nSPS) is 16.0. The van der Waals surface area contributed by atoms with E-state index in [9.17, 15) is 9.59 Å². The molecule has 0 unspecified atom stereocenters. The fourth-order valence-corrected chi connectivity index (χ4v) is 4.97. The second-order valence-corrected chi connectivity index (χ2v) is 8.69. The van der Waals surface area contributed by atoms with Crippen LogP contribution in [-0.4, -0.2) is 40.5 Å². The molecule has 0 spiro atoms. The van der Waals surface area contributed by atoms with Crippen molar-refractivity contribution in [1.29, 1.82) is 0 Å². The number of aromatic nitrogens is 2. The first-order valence-electron chi connectivity index (χ1n) is 9.16. The van der Waals surface area contributed by atoms with E-state index in [-0.39, 0.29) is 11.6 Å². The second kappa shape index (κ2) is 7.31. The third-order valence-electron chi connectivity index (χ3n) is 5.38. The summed E-state index contributed by atoms with van der Waals surface area (Å²) in [6.07, 6.45) is 1.74. The minimum absolute atomic E-state index is 0.0580. The summed E-state index contributed by atoms with van der Waals surface area (Å²) >= 11 is 7.23. The van der Waals surface area contributed by atoms with Gasteiger partial charge < -0.3 is 10.6 Å². The van der Waals surface area contributed by atoms with Crippen molar-refractivity contribution in [1.82, 2.24) is 14.5 Å². The smallest absolute Gasteiger partial charge is 0.263 e. The van der Waals surface area contributed by atoms with Crippen LogP contribution in [0.15, 0.2) is 29.1 Å². The second-order valence-electron chi connectivity index (χ2n) is 7.25. The number of thiophene rings is 1. The number of hydrogen-bond donors (Lipinski definition) is 1. The maximum atomic E-state index is 13.6. The van der Waals surface area contributed by atoms with Crippen LogP contribution in [0.4, 0.5) is 0 Å². The zero-order valence-electron chi connectivity index (χ0n) is 15.7. The van der Waals surface area contributed by atoms with Crippen LogP contribution >= 0.6 is 22.9 Å². The minimum Gasteiger partial charge on any atom is -0.365 e. The predicted octanol–water partition coefficient (Wildman–Crippen LogP) is 3.45. The molecule has 0 aliphatic carbocycles. The van der Waals surface area contributed by atoms with Crippen LogP contribution < -0.4 is 11.3 Å². The number of halogens is 1. The Hall–Kier alpha value is -2.22. The zero-order valence-corrected chi connectivity index (χ0v) is 17.3. The number of carbonyl (C=O) groups excluding carboxylic acids is 1. The summed E-state index contributed by atoms with van der Waals surface area (Å²) in [7, 11) is 2.09. The van der Waals surface area contributed by atoms with Gasteiger partial charge in [-0.25, -0.2) is 4.98 Å². The monoisotopic (exact) mass is 416 g/mol. The van der Waals surface area contributed by atoms with E-state index in [1.54, 1.807) is 19.1 Å².